The summed E-state index contributed by atoms with van der Waals surface area (Å²) in [5, 5.41) is 3.09. The number of ether oxygens (including phenoxy) is 3. The molecule has 0 aliphatic carbocycles. The van der Waals surface area contributed by atoms with Gasteiger partial charge in [0.1, 0.15) is 6.04 Å². The third kappa shape index (κ3) is 1.82. The lowest BCUT2D eigenvalue weighted by atomic mass is 10.1. The Balaban J connectivity index is 1.73. The molecule has 1 N–H and O–H groups in total. The number of hydrogen-bond donors (Lipinski definition) is 1. The van der Waals surface area contributed by atoms with Crippen LogP contribution in [0.2, 0.25) is 0 Å². The van der Waals surface area contributed by atoms with Gasteiger partial charge in [-0.3, -0.25) is 10.1 Å². The van der Waals surface area contributed by atoms with Crippen LogP contribution in [-0.2, 0) is 9.53 Å². The van der Waals surface area contributed by atoms with Gasteiger partial charge >= 0.3 is 5.97 Å². The average Bonchev–Trinajstić information content (AvgIpc) is 3.00. The van der Waals surface area contributed by atoms with Gasteiger partial charge in [-0.1, -0.05) is 6.07 Å². The van der Waals surface area contributed by atoms with E-state index in [1.807, 2.05) is 18.2 Å². The lowest BCUT2D eigenvalue weighted by Crippen LogP contribution is -2.13. The zero-order chi connectivity index (χ0) is 11.8. The highest BCUT2D eigenvalue weighted by Crippen LogP contribution is 2.38. The van der Waals surface area contributed by atoms with Gasteiger partial charge in [-0.2, -0.15) is 0 Å². The van der Waals surface area contributed by atoms with E-state index in [1.165, 1.54) is 0 Å². The quantitative estimate of drug-likeness (QED) is 0.625. The van der Waals surface area contributed by atoms with E-state index >= 15 is 0 Å². The van der Waals surface area contributed by atoms with Gasteiger partial charge in [0.15, 0.2) is 11.5 Å². The third-order valence-corrected chi connectivity index (χ3v) is 2.88. The van der Waals surface area contributed by atoms with Crippen LogP contribution in [0.4, 0.5) is 0 Å². The van der Waals surface area contributed by atoms with Crippen molar-refractivity contribution < 1.29 is 19.0 Å². The SMILES string of the molecule is CCOC(=O)[C@H]1N[C@@H]1c1ccc2c(c1)OCO2. The molecule has 1 fully saturated rings. The molecule has 5 nitrogen and oxygen atoms in total. The van der Waals surface area contributed by atoms with Gasteiger partial charge in [-0.15, -0.1) is 0 Å². The van der Waals surface area contributed by atoms with Crippen molar-refractivity contribution in [2.24, 2.45) is 0 Å². The van der Waals surface area contributed by atoms with Crippen molar-refractivity contribution in [1.29, 1.82) is 0 Å². The first kappa shape index (κ1) is 10.4. The van der Waals surface area contributed by atoms with Crippen molar-refractivity contribution in [1.82, 2.24) is 5.32 Å². The number of carbonyl (C=O) groups excluding carboxylic acids is 1. The molecule has 90 valence electrons. The number of nitrogens with one attached hydrogen (secondary N) is 1. The number of benzene rings is 1. The minimum atomic E-state index is -0.227. The van der Waals surface area contributed by atoms with Gasteiger partial charge in [0, 0.05) is 0 Å². The van der Waals surface area contributed by atoms with Crippen LogP contribution in [0.1, 0.15) is 18.5 Å². The van der Waals surface area contributed by atoms with E-state index in [2.05, 4.69) is 5.32 Å². The minimum absolute atomic E-state index is 0.0311. The summed E-state index contributed by atoms with van der Waals surface area (Å²) >= 11 is 0. The highest BCUT2D eigenvalue weighted by molar-refractivity contribution is 5.80. The Hall–Kier alpha value is -1.75. The highest BCUT2D eigenvalue weighted by Gasteiger charge is 2.44. The average molecular weight is 235 g/mol. The van der Waals surface area contributed by atoms with Crippen LogP contribution in [0.15, 0.2) is 18.2 Å². The largest absolute Gasteiger partial charge is 0.465 e. The van der Waals surface area contributed by atoms with Crippen molar-refractivity contribution in [2.45, 2.75) is 19.0 Å². The van der Waals surface area contributed by atoms with Gasteiger partial charge in [0.05, 0.1) is 12.6 Å². The van der Waals surface area contributed by atoms with Crippen LogP contribution in [0, 0.1) is 0 Å². The molecule has 0 amide bonds. The van der Waals surface area contributed by atoms with E-state index in [1.54, 1.807) is 6.92 Å². The summed E-state index contributed by atoms with van der Waals surface area (Å²) in [5.74, 6) is 1.29. The molecule has 2 atom stereocenters. The Morgan fingerprint density at radius 2 is 2.29 bits per heavy atom. The smallest absolute Gasteiger partial charge is 0.325 e. The fourth-order valence-corrected chi connectivity index (χ4v) is 1.97. The summed E-state index contributed by atoms with van der Waals surface area (Å²) < 4.78 is 15.5. The summed E-state index contributed by atoms with van der Waals surface area (Å²) in [6.07, 6.45) is 0. The molecule has 2 heterocycles. The fraction of sp³-hybridized carbons (Fsp3) is 0.417. The van der Waals surface area contributed by atoms with Crippen LogP contribution < -0.4 is 14.8 Å². The van der Waals surface area contributed by atoms with Crippen molar-refractivity contribution in [3.63, 3.8) is 0 Å². The van der Waals surface area contributed by atoms with Crippen molar-refractivity contribution >= 4 is 5.97 Å². The Labute approximate surface area is 98.7 Å². The van der Waals surface area contributed by atoms with E-state index in [9.17, 15) is 4.79 Å². The zero-order valence-corrected chi connectivity index (χ0v) is 9.43. The third-order valence-electron chi connectivity index (χ3n) is 2.88. The number of esters is 1. The topological polar surface area (TPSA) is 66.7 Å². The Morgan fingerprint density at radius 1 is 1.47 bits per heavy atom. The lowest BCUT2D eigenvalue weighted by molar-refractivity contribution is -0.142. The monoisotopic (exact) mass is 235 g/mol. The molecule has 0 aromatic heterocycles. The van der Waals surface area contributed by atoms with E-state index in [-0.39, 0.29) is 24.8 Å². The van der Waals surface area contributed by atoms with E-state index in [4.69, 9.17) is 14.2 Å². The molecule has 2 aliphatic rings. The molecule has 2 aliphatic heterocycles. The first-order chi connectivity index (χ1) is 8.29. The maximum Gasteiger partial charge on any atom is 0.325 e. The van der Waals surface area contributed by atoms with E-state index < -0.39 is 0 Å². The van der Waals surface area contributed by atoms with Crippen LogP contribution in [0.25, 0.3) is 0 Å². The zero-order valence-electron chi connectivity index (χ0n) is 9.43. The van der Waals surface area contributed by atoms with Crippen LogP contribution in [-0.4, -0.2) is 25.4 Å². The maximum absolute atomic E-state index is 11.5. The van der Waals surface area contributed by atoms with Gasteiger partial charge in [-0.05, 0) is 24.6 Å². The van der Waals surface area contributed by atoms with Crippen LogP contribution in [0.5, 0.6) is 11.5 Å². The van der Waals surface area contributed by atoms with Crippen molar-refractivity contribution in [2.75, 3.05) is 13.4 Å². The van der Waals surface area contributed by atoms with Crippen molar-refractivity contribution in [3.05, 3.63) is 23.8 Å². The summed E-state index contributed by atoms with van der Waals surface area (Å²) in [7, 11) is 0. The Morgan fingerprint density at radius 3 is 3.12 bits per heavy atom. The second-order valence-electron chi connectivity index (χ2n) is 3.99. The number of fused-ring (bicyclic) bond motifs is 1. The molecule has 3 rings (SSSR count). The molecule has 0 spiro atoms. The van der Waals surface area contributed by atoms with E-state index in [0.717, 1.165) is 17.1 Å². The molecule has 1 aromatic rings. The molecule has 0 saturated carbocycles. The molecular weight excluding hydrogens is 222 g/mol. The number of hydrogen-bond acceptors (Lipinski definition) is 5. The summed E-state index contributed by atoms with van der Waals surface area (Å²) in [6.45, 7) is 2.47. The van der Waals surface area contributed by atoms with Gasteiger partial charge in [-0.25, -0.2) is 0 Å². The molecular formula is C12H13NO4. The first-order valence-corrected chi connectivity index (χ1v) is 5.62. The predicted molar refractivity (Wildman–Crippen MR) is 58.9 cm³/mol. The molecule has 1 saturated heterocycles. The Kier molecular flexibility index (Phi) is 2.40. The number of carbonyl (C=O) groups is 1. The fourth-order valence-electron chi connectivity index (χ4n) is 1.97. The summed E-state index contributed by atoms with van der Waals surface area (Å²) in [4.78, 5) is 11.5. The predicted octanol–water partition coefficient (Wildman–Crippen LogP) is 0.991. The molecule has 1 aromatic carbocycles. The molecule has 0 radical (unpaired) electrons. The lowest BCUT2D eigenvalue weighted by Gasteiger charge is -2.01. The maximum atomic E-state index is 11.5. The summed E-state index contributed by atoms with van der Waals surface area (Å²) in [5.41, 5.74) is 1.02. The van der Waals surface area contributed by atoms with Crippen LogP contribution in [0.3, 0.4) is 0 Å². The molecule has 17 heavy (non-hydrogen) atoms. The van der Waals surface area contributed by atoms with Crippen molar-refractivity contribution in [3.8, 4) is 11.5 Å². The second kappa shape index (κ2) is 3.92. The van der Waals surface area contributed by atoms with Gasteiger partial charge in [0.2, 0.25) is 6.79 Å². The molecule has 0 bridgehead atoms. The van der Waals surface area contributed by atoms with Crippen LogP contribution >= 0.6 is 0 Å². The van der Waals surface area contributed by atoms with E-state index in [0.29, 0.717) is 6.61 Å². The molecule has 0 unspecified atom stereocenters. The Bertz CT molecular complexity index is 460. The normalized spacial score (nSPS) is 24.5. The van der Waals surface area contributed by atoms with Gasteiger partial charge < -0.3 is 14.2 Å². The number of rotatable bonds is 3. The standard InChI is InChI=1S/C12H13NO4/c1-2-15-12(14)11-10(13-11)7-3-4-8-9(5-7)17-6-16-8/h3-5,10-11,13H,2,6H2,1H3/t10-,11+/m1/s1. The second-order valence-corrected chi connectivity index (χ2v) is 3.99. The molecule has 5 heteroatoms. The summed E-state index contributed by atoms with van der Waals surface area (Å²) in [6, 6.07) is 5.50. The highest BCUT2D eigenvalue weighted by atomic mass is 16.7. The minimum Gasteiger partial charge on any atom is -0.465 e. The first-order valence-electron chi connectivity index (χ1n) is 5.62. The van der Waals surface area contributed by atoms with Gasteiger partial charge in [0.25, 0.3) is 0 Å².